The van der Waals surface area contributed by atoms with Crippen molar-refractivity contribution in [1.82, 2.24) is 4.98 Å². The average molecular weight is 758 g/mol. The lowest BCUT2D eigenvalue weighted by Crippen LogP contribution is -2.09. The molecule has 272 valence electrons. The molecule has 0 spiro atoms. The second-order valence-electron chi connectivity index (χ2n) is 14.5. The van der Waals surface area contributed by atoms with Crippen LogP contribution in [0.15, 0.2) is 212 Å². The van der Waals surface area contributed by atoms with Gasteiger partial charge in [0, 0.05) is 59.8 Å². The first-order valence-electron chi connectivity index (χ1n) is 19.6. The number of rotatable bonds is 7. The van der Waals surface area contributed by atoms with Crippen LogP contribution in [0.2, 0.25) is 0 Å². The molecule has 0 saturated carbocycles. The van der Waals surface area contributed by atoms with E-state index in [0.717, 1.165) is 100 Å². The van der Waals surface area contributed by atoms with E-state index in [9.17, 15) is 0 Å². The van der Waals surface area contributed by atoms with Gasteiger partial charge in [0.25, 0.3) is 0 Å². The van der Waals surface area contributed by atoms with Gasteiger partial charge in [-0.15, -0.1) is 11.3 Å². The van der Waals surface area contributed by atoms with E-state index in [1.165, 1.54) is 10.3 Å². The molecule has 0 amide bonds. The lowest BCUT2D eigenvalue weighted by Gasteiger charge is -2.28. The summed E-state index contributed by atoms with van der Waals surface area (Å²) in [6.45, 7) is 0. The fourth-order valence-corrected chi connectivity index (χ4v) is 9.78. The number of thiophene rings is 1. The minimum absolute atomic E-state index is 0.826. The lowest BCUT2D eigenvalue weighted by molar-refractivity contribution is 0.522. The summed E-state index contributed by atoms with van der Waals surface area (Å²) in [4.78, 5) is 5.87. The summed E-state index contributed by atoms with van der Waals surface area (Å²) in [7, 11) is 0. The van der Waals surface area contributed by atoms with E-state index < -0.39 is 0 Å². The zero-order chi connectivity index (χ0) is 38.4. The molecule has 8 aromatic carbocycles. The molecule has 2 aromatic heterocycles. The van der Waals surface area contributed by atoms with E-state index in [4.69, 9.17) is 9.72 Å². The van der Waals surface area contributed by atoms with Gasteiger partial charge >= 0.3 is 0 Å². The minimum atomic E-state index is 0.826. The van der Waals surface area contributed by atoms with Gasteiger partial charge < -0.3 is 4.74 Å². The number of aromatic nitrogens is 1. The Hall–Kier alpha value is -7.33. The van der Waals surface area contributed by atoms with Crippen LogP contribution in [-0.4, -0.2) is 4.98 Å². The summed E-state index contributed by atoms with van der Waals surface area (Å²) in [6, 6.07) is 72.9. The molecule has 0 aliphatic carbocycles. The monoisotopic (exact) mass is 757 g/mol. The van der Waals surface area contributed by atoms with Crippen molar-refractivity contribution >= 4 is 43.5 Å². The highest BCUT2D eigenvalue weighted by Gasteiger charge is 2.35. The Morgan fingerprint density at radius 1 is 0.362 bits per heavy atom. The van der Waals surface area contributed by atoms with Crippen LogP contribution in [0.4, 0.5) is 0 Å². The Morgan fingerprint density at radius 3 is 1.38 bits per heavy atom. The summed E-state index contributed by atoms with van der Waals surface area (Å²) in [5.74, 6) is 1.66. The molecule has 1 aliphatic heterocycles. The maximum absolute atomic E-state index is 7.61. The Bertz CT molecular complexity index is 3140. The number of pyridine rings is 1. The van der Waals surface area contributed by atoms with Gasteiger partial charge in [0.2, 0.25) is 0 Å². The van der Waals surface area contributed by atoms with Crippen molar-refractivity contribution in [3.63, 3.8) is 0 Å². The van der Waals surface area contributed by atoms with Crippen molar-refractivity contribution in [2.75, 3.05) is 0 Å². The highest BCUT2D eigenvalue weighted by atomic mass is 32.1. The quantitative estimate of drug-likeness (QED) is 0.162. The third-order valence-corrected chi connectivity index (χ3v) is 12.2. The van der Waals surface area contributed by atoms with Crippen molar-refractivity contribution in [1.29, 1.82) is 0 Å². The average Bonchev–Trinajstić information content (AvgIpc) is 3.75. The molecule has 0 bridgehead atoms. The lowest BCUT2D eigenvalue weighted by atomic mass is 9.82. The second kappa shape index (κ2) is 14.3. The fourth-order valence-electron chi connectivity index (χ4n) is 8.65. The van der Waals surface area contributed by atoms with Crippen LogP contribution in [0.25, 0.3) is 88.1 Å². The van der Waals surface area contributed by atoms with Crippen LogP contribution in [0, 0.1) is 0 Å². The molecule has 0 unspecified atom stereocenters. The first-order chi connectivity index (χ1) is 28.8. The molecule has 1 aliphatic rings. The van der Waals surface area contributed by atoms with Crippen molar-refractivity contribution in [2.24, 2.45) is 0 Å². The van der Waals surface area contributed by atoms with Gasteiger partial charge in [-0.05, 0) is 27.6 Å². The van der Waals surface area contributed by atoms with Gasteiger partial charge in [0.1, 0.15) is 11.5 Å². The molecule has 2 nitrogen and oxygen atoms in total. The summed E-state index contributed by atoms with van der Waals surface area (Å²) in [5.41, 5.74) is 15.0. The molecular formula is C55H35NOS. The Labute approximate surface area is 341 Å². The molecule has 3 heteroatoms. The maximum Gasteiger partial charge on any atom is 0.146 e. The number of hydrogen-bond donors (Lipinski definition) is 0. The Balaban J connectivity index is 1.36. The van der Waals surface area contributed by atoms with Gasteiger partial charge in [-0.1, -0.05) is 206 Å². The van der Waals surface area contributed by atoms with Gasteiger partial charge in [0.05, 0.1) is 17.0 Å². The summed E-state index contributed by atoms with van der Waals surface area (Å²) < 4.78 is 8.80. The first kappa shape index (κ1) is 34.0. The van der Waals surface area contributed by atoms with E-state index in [-0.39, 0.29) is 0 Å². The fraction of sp³-hybridized carbons (Fsp3) is 0. The standard InChI is InChI=1S/C55H35NOS/c1-7-21-36(22-8-1)45-42-33-19-20-34-43(42)52(56-51(45)40-29-15-5-16-30-40)50-47(38-25-11-3-12-26-38)48(39-27-13-4-14-28-39)55-49-44(35-58-55)46(37-23-9-2-10-24-37)53(57-54(49)50)41-31-17-6-18-32-41/h1-35H. The third-order valence-electron chi connectivity index (χ3n) is 11.2. The van der Waals surface area contributed by atoms with Crippen LogP contribution < -0.4 is 4.74 Å². The molecule has 10 aromatic rings. The molecular weight excluding hydrogens is 723 g/mol. The zero-order valence-corrected chi connectivity index (χ0v) is 32.3. The van der Waals surface area contributed by atoms with E-state index >= 15 is 0 Å². The molecule has 0 N–H and O–H groups in total. The molecule has 0 saturated heterocycles. The maximum atomic E-state index is 7.61. The van der Waals surface area contributed by atoms with Gasteiger partial charge in [-0.25, -0.2) is 4.98 Å². The van der Waals surface area contributed by atoms with E-state index in [1.807, 2.05) is 0 Å². The summed E-state index contributed by atoms with van der Waals surface area (Å²) >= 11 is 1.79. The van der Waals surface area contributed by atoms with Gasteiger partial charge in [-0.3, -0.25) is 0 Å². The number of nitrogens with zero attached hydrogens (tertiary/aromatic N) is 1. The Morgan fingerprint density at radius 2 is 0.810 bits per heavy atom. The Kier molecular flexibility index (Phi) is 8.38. The molecule has 3 heterocycles. The van der Waals surface area contributed by atoms with Gasteiger partial charge in [-0.2, -0.15) is 0 Å². The van der Waals surface area contributed by atoms with Crippen molar-refractivity contribution in [3.8, 4) is 61.6 Å². The third kappa shape index (κ3) is 5.59. The predicted molar refractivity (Wildman–Crippen MR) is 244 cm³/mol. The molecule has 0 fully saturated rings. The van der Waals surface area contributed by atoms with E-state index in [1.54, 1.807) is 11.3 Å². The highest BCUT2D eigenvalue weighted by molar-refractivity contribution is 7.18. The van der Waals surface area contributed by atoms with E-state index in [0.29, 0.717) is 0 Å². The molecule has 11 rings (SSSR count). The first-order valence-corrected chi connectivity index (χ1v) is 20.5. The number of benzene rings is 8. The van der Waals surface area contributed by atoms with Crippen molar-refractivity contribution in [2.45, 2.75) is 0 Å². The molecule has 58 heavy (non-hydrogen) atoms. The molecule has 0 atom stereocenters. The summed E-state index contributed by atoms with van der Waals surface area (Å²) in [6.07, 6.45) is 0. The van der Waals surface area contributed by atoms with Crippen LogP contribution in [0.1, 0.15) is 16.7 Å². The number of hydrogen-bond acceptors (Lipinski definition) is 3. The number of ether oxygens (including phenoxy) is 1. The van der Waals surface area contributed by atoms with Crippen molar-refractivity contribution in [3.05, 3.63) is 228 Å². The number of fused-ring (bicyclic) bond motifs is 1. The second-order valence-corrected chi connectivity index (χ2v) is 15.4. The highest BCUT2D eigenvalue weighted by Crippen LogP contribution is 2.59. The predicted octanol–water partition coefficient (Wildman–Crippen LogP) is 15.1. The normalized spacial score (nSPS) is 12.2. The smallest absolute Gasteiger partial charge is 0.146 e. The van der Waals surface area contributed by atoms with E-state index in [2.05, 4.69) is 212 Å². The topological polar surface area (TPSA) is 22.1 Å². The molecule has 0 radical (unpaired) electrons. The van der Waals surface area contributed by atoms with Gasteiger partial charge in [0.15, 0.2) is 0 Å². The minimum Gasteiger partial charge on any atom is -0.455 e. The zero-order valence-electron chi connectivity index (χ0n) is 31.5. The van der Waals surface area contributed by atoms with Crippen LogP contribution >= 0.6 is 11.3 Å². The van der Waals surface area contributed by atoms with Crippen molar-refractivity contribution < 1.29 is 4.74 Å². The van der Waals surface area contributed by atoms with Crippen LogP contribution in [0.5, 0.6) is 5.75 Å². The largest absolute Gasteiger partial charge is 0.455 e. The van der Waals surface area contributed by atoms with Crippen LogP contribution in [-0.2, 0) is 0 Å². The summed E-state index contributed by atoms with van der Waals surface area (Å²) in [5, 5.41) is 5.64. The SMILES string of the molecule is c1ccc(C2=C(c3ccccc3)c3csc4c(-c5ccccc5)c(-c5ccccc5)c(-c5nc(-c6ccccc6)c(-c6ccccc6)c6ccccc56)c(c34)O2)cc1. The van der Waals surface area contributed by atoms with Crippen LogP contribution in [0.3, 0.4) is 0 Å².